The van der Waals surface area contributed by atoms with Gasteiger partial charge in [-0.05, 0) is 54.3 Å². The fourth-order valence-electron chi connectivity index (χ4n) is 3.23. The van der Waals surface area contributed by atoms with E-state index in [1.807, 2.05) is 26.0 Å². The molecule has 0 fully saturated rings. The van der Waals surface area contributed by atoms with E-state index >= 15 is 0 Å². The van der Waals surface area contributed by atoms with Crippen LogP contribution < -0.4 is 0 Å². The summed E-state index contributed by atoms with van der Waals surface area (Å²) in [6.07, 6.45) is -4.73. The van der Waals surface area contributed by atoms with E-state index in [9.17, 15) is 23.1 Å². The van der Waals surface area contributed by atoms with Crippen LogP contribution in [0.25, 0.3) is 22.2 Å². The first-order valence-electron chi connectivity index (χ1n) is 7.68. The van der Waals surface area contributed by atoms with Gasteiger partial charge in [0.2, 0.25) is 0 Å². The third-order valence-electron chi connectivity index (χ3n) is 4.15. The average molecular weight is 347 g/mol. The Bertz CT molecular complexity index is 971. The number of carbonyl (C=O) groups is 1. The predicted molar refractivity (Wildman–Crippen MR) is 89.6 cm³/mol. The number of aliphatic carboxylic acids is 1. The van der Waals surface area contributed by atoms with Crippen LogP contribution in [0.4, 0.5) is 13.2 Å². The molecule has 3 aromatic rings. The number of aromatic amines is 1. The number of alkyl halides is 3. The second kappa shape index (κ2) is 5.95. The zero-order valence-electron chi connectivity index (χ0n) is 13.7. The summed E-state index contributed by atoms with van der Waals surface area (Å²) in [7, 11) is 0. The van der Waals surface area contributed by atoms with Crippen molar-refractivity contribution in [3.8, 4) is 11.3 Å². The first-order valence-corrected chi connectivity index (χ1v) is 7.68. The van der Waals surface area contributed by atoms with Crippen LogP contribution in [0.5, 0.6) is 0 Å². The van der Waals surface area contributed by atoms with Gasteiger partial charge in [-0.15, -0.1) is 0 Å². The highest BCUT2D eigenvalue weighted by Gasteiger charge is 2.31. The highest BCUT2D eigenvalue weighted by molar-refractivity contribution is 5.96. The summed E-state index contributed by atoms with van der Waals surface area (Å²) in [6.45, 7) is 3.78. The van der Waals surface area contributed by atoms with Crippen molar-refractivity contribution in [2.45, 2.75) is 26.4 Å². The fraction of sp³-hybridized carbons (Fsp3) is 0.211. The maximum Gasteiger partial charge on any atom is 0.416 e. The molecule has 6 heteroatoms. The summed E-state index contributed by atoms with van der Waals surface area (Å²) in [4.78, 5) is 14.4. The van der Waals surface area contributed by atoms with E-state index in [1.54, 1.807) is 6.07 Å². The lowest BCUT2D eigenvalue weighted by Gasteiger charge is -2.09. The number of H-pyrrole nitrogens is 1. The largest absolute Gasteiger partial charge is 0.481 e. The van der Waals surface area contributed by atoms with Crippen LogP contribution in [0.2, 0.25) is 0 Å². The van der Waals surface area contributed by atoms with Crippen molar-refractivity contribution < 1.29 is 23.1 Å². The molecule has 3 nitrogen and oxygen atoms in total. The lowest BCUT2D eigenvalue weighted by atomic mass is 9.98. The van der Waals surface area contributed by atoms with Gasteiger partial charge in [-0.2, -0.15) is 13.2 Å². The zero-order valence-corrected chi connectivity index (χ0v) is 13.7. The normalized spacial score (nSPS) is 11.9. The van der Waals surface area contributed by atoms with Crippen molar-refractivity contribution >= 4 is 16.9 Å². The van der Waals surface area contributed by atoms with Crippen LogP contribution in [0.1, 0.15) is 22.3 Å². The molecule has 2 aromatic carbocycles. The Morgan fingerprint density at radius 1 is 1.16 bits per heavy atom. The summed E-state index contributed by atoms with van der Waals surface area (Å²) in [5, 5.41) is 10.0. The maximum absolute atomic E-state index is 13.0. The molecule has 2 N–H and O–H groups in total. The minimum Gasteiger partial charge on any atom is -0.481 e. The van der Waals surface area contributed by atoms with Gasteiger partial charge in [0.25, 0.3) is 0 Å². The van der Waals surface area contributed by atoms with Gasteiger partial charge in [0, 0.05) is 10.9 Å². The van der Waals surface area contributed by atoms with Crippen molar-refractivity contribution in [1.29, 1.82) is 0 Å². The van der Waals surface area contributed by atoms with Crippen LogP contribution in [0.15, 0.2) is 36.4 Å². The topological polar surface area (TPSA) is 53.1 Å². The molecule has 0 aliphatic carbocycles. The molecule has 1 aromatic heterocycles. The fourth-order valence-corrected chi connectivity index (χ4v) is 3.23. The van der Waals surface area contributed by atoms with Gasteiger partial charge in [-0.25, -0.2) is 0 Å². The first-order chi connectivity index (χ1) is 11.7. The minimum atomic E-state index is -4.46. The van der Waals surface area contributed by atoms with Gasteiger partial charge in [0.1, 0.15) is 0 Å². The molecule has 0 unspecified atom stereocenters. The Hall–Kier alpha value is -2.76. The average Bonchev–Trinajstić information content (AvgIpc) is 2.84. The van der Waals surface area contributed by atoms with E-state index in [1.165, 1.54) is 6.07 Å². The molecular weight excluding hydrogens is 331 g/mol. The van der Waals surface area contributed by atoms with Gasteiger partial charge < -0.3 is 10.1 Å². The molecule has 130 valence electrons. The van der Waals surface area contributed by atoms with Crippen LogP contribution >= 0.6 is 0 Å². The molecule has 25 heavy (non-hydrogen) atoms. The molecule has 0 amide bonds. The third kappa shape index (κ3) is 3.24. The van der Waals surface area contributed by atoms with Gasteiger partial charge in [-0.3, -0.25) is 4.79 Å². The maximum atomic E-state index is 13.0. The van der Waals surface area contributed by atoms with Gasteiger partial charge in [0.15, 0.2) is 0 Å². The monoisotopic (exact) mass is 347 g/mol. The van der Waals surface area contributed by atoms with E-state index in [0.717, 1.165) is 34.2 Å². The minimum absolute atomic E-state index is 0.268. The smallest absolute Gasteiger partial charge is 0.416 e. The number of rotatable bonds is 3. The molecule has 3 rings (SSSR count). The van der Waals surface area contributed by atoms with Crippen molar-refractivity contribution in [2.75, 3.05) is 0 Å². The Kier molecular flexibility index (Phi) is 4.06. The molecular formula is C19H16F3NO2. The van der Waals surface area contributed by atoms with Crippen molar-refractivity contribution in [2.24, 2.45) is 0 Å². The molecule has 0 radical (unpaired) electrons. The number of aryl methyl sites for hydroxylation is 2. The number of aromatic nitrogens is 1. The van der Waals surface area contributed by atoms with Crippen molar-refractivity contribution in [3.63, 3.8) is 0 Å². The number of benzene rings is 2. The highest BCUT2D eigenvalue weighted by atomic mass is 19.4. The molecule has 0 spiro atoms. The number of halogens is 3. The molecule has 0 bridgehead atoms. The second-order valence-electron chi connectivity index (χ2n) is 6.13. The number of carboxylic acid groups (broad SMARTS) is 1. The Balaban J connectivity index is 2.29. The highest BCUT2D eigenvalue weighted by Crippen LogP contribution is 2.36. The van der Waals surface area contributed by atoms with E-state index in [2.05, 4.69) is 4.98 Å². The first kappa shape index (κ1) is 17.1. The van der Waals surface area contributed by atoms with E-state index in [-0.39, 0.29) is 6.42 Å². The Morgan fingerprint density at radius 2 is 1.88 bits per heavy atom. The molecule has 0 saturated carbocycles. The van der Waals surface area contributed by atoms with Gasteiger partial charge in [0.05, 0.1) is 17.7 Å². The number of carboxylic acids is 1. The lowest BCUT2D eigenvalue weighted by molar-refractivity contribution is -0.138. The van der Waals surface area contributed by atoms with E-state index in [0.29, 0.717) is 16.8 Å². The SMILES string of the molecule is Cc1cc(C)c2c(CC(=O)O)c(-c3cccc(C(F)(F)F)c3)[nH]c2c1. The number of hydrogen-bond acceptors (Lipinski definition) is 1. The number of nitrogens with one attached hydrogen (secondary N) is 1. The Morgan fingerprint density at radius 3 is 2.52 bits per heavy atom. The summed E-state index contributed by atoms with van der Waals surface area (Å²) in [5.41, 5.74) is 3.07. The summed E-state index contributed by atoms with van der Waals surface area (Å²) >= 11 is 0. The van der Waals surface area contributed by atoms with Gasteiger partial charge in [-0.1, -0.05) is 18.2 Å². The predicted octanol–water partition coefficient (Wildman–Crippen LogP) is 5.10. The molecule has 0 aliphatic heterocycles. The van der Waals surface area contributed by atoms with E-state index < -0.39 is 17.7 Å². The zero-order chi connectivity index (χ0) is 18.4. The van der Waals surface area contributed by atoms with Crippen molar-refractivity contribution in [1.82, 2.24) is 4.98 Å². The van der Waals surface area contributed by atoms with Gasteiger partial charge >= 0.3 is 12.1 Å². The van der Waals surface area contributed by atoms with Crippen LogP contribution in [0.3, 0.4) is 0 Å². The molecule has 0 saturated heterocycles. The number of fused-ring (bicyclic) bond motifs is 1. The third-order valence-corrected chi connectivity index (χ3v) is 4.15. The van der Waals surface area contributed by atoms with E-state index in [4.69, 9.17) is 0 Å². The summed E-state index contributed by atoms with van der Waals surface area (Å²) in [6, 6.07) is 8.71. The quantitative estimate of drug-likeness (QED) is 0.693. The Labute approximate surface area is 142 Å². The standard InChI is InChI=1S/C19H16F3NO2/c1-10-6-11(2)17-14(9-16(24)25)18(23-15(17)7-10)12-4-3-5-13(8-12)19(20,21)22/h3-8,23H,9H2,1-2H3,(H,24,25). The van der Waals surface area contributed by atoms with Crippen molar-refractivity contribution in [3.05, 3.63) is 58.7 Å². The molecule has 0 aliphatic rings. The summed E-state index contributed by atoms with van der Waals surface area (Å²) < 4.78 is 39.0. The van der Waals surface area contributed by atoms with Crippen LogP contribution in [0, 0.1) is 13.8 Å². The molecule has 0 atom stereocenters. The summed E-state index contributed by atoms with van der Waals surface area (Å²) in [5.74, 6) is -1.03. The number of hydrogen-bond donors (Lipinski definition) is 2. The lowest BCUT2D eigenvalue weighted by Crippen LogP contribution is -2.05. The van der Waals surface area contributed by atoms with Crippen LogP contribution in [-0.2, 0) is 17.4 Å². The molecule has 1 heterocycles. The van der Waals surface area contributed by atoms with Crippen LogP contribution in [-0.4, -0.2) is 16.1 Å². The second-order valence-corrected chi connectivity index (χ2v) is 6.13.